The SMILES string of the molecule is O=C(CN1CCN(S(=O)(=O)c2cccnc2)CC1)Nc1ccc(SC(F)F)cc1. The van der Waals surface area contributed by atoms with Gasteiger partial charge in [0.1, 0.15) is 4.90 Å². The van der Waals surface area contributed by atoms with Gasteiger partial charge in [-0.1, -0.05) is 11.8 Å². The Morgan fingerprint density at radius 3 is 2.41 bits per heavy atom. The first-order valence-corrected chi connectivity index (χ1v) is 11.1. The van der Waals surface area contributed by atoms with E-state index < -0.39 is 15.8 Å². The molecule has 2 aromatic rings. The summed E-state index contributed by atoms with van der Waals surface area (Å²) in [5, 5.41) is 2.72. The Bertz CT molecular complexity index is 920. The number of hydrogen-bond acceptors (Lipinski definition) is 6. The molecule has 1 aromatic carbocycles. The van der Waals surface area contributed by atoms with Gasteiger partial charge in [-0.05, 0) is 36.4 Å². The summed E-state index contributed by atoms with van der Waals surface area (Å²) >= 11 is 0.443. The predicted octanol–water partition coefficient (Wildman–Crippen LogP) is 2.34. The van der Waals surface area contributed by atoms with E-state index in [0.29, 0.717) is 35.4 Å². The average molecular weight is 443 g/mol. The lowest BCUT2D eigenvalue weighted by Crippen LogP contribution is -2.50. The number of sulfonamides is 1. The van der Waals surface area contributed by atoms with E-state index in [9.17, 15) is 22.0 Å². The average Bonchev–Trinajstić information content (AvgIpc) is 2.70. The summed E-state index contributed by atoms with van der Waals surface area (Å²) in [5.41, 5.74) is 0.520. The molecule has 1 aromatic heterocycles. The number of piperazine rings is 1. The number of carbonyl (C=O) groups is 1. The number of aromatic nitrogens is 1. The quantitative estimate of drug-likeness (QED) is 0.663. The van der Waals surface area contributed by atoms with E-state index in [0.717, 1.165) is 0 Å². The second-order valence-corrected chi connectivity index (χ2v) is 9.32. The smallest absolute Gasteiger partial charge is 0.288 e. The third-order valence-corrected chi connectivity index (χ3v) is 6.94. The van der Waals surface area contributed by atoms with E-state index in [1.165, 1.54) is 34.9 Å². The van der Waals surface area contributed by atoms with Crippen LogP contribution in [0, 0.1) is 0 Å². The minimum atomic E-state index is -3.59. The number of halogens is 2. The van der Waals surface area contributed by atoms with Crippen molar-refractivity contribution in [2.45, 2.75) is 15.5 Å². The van der Waals surface area contributed by atoms with Crippen molar-refractivity contribution in [3.63, 3.8) is 0 Å². The molecule has 11 heteroatoms. The molecule has 0 unspecified atom stereocenters. The first kappa shape index (κ1) is 21.6. The molecule has 2 heterocycles. The minimum Gasteiger partial charge on any atom is -0.325 e. The number of thioether (sulfide) groups is 1. The lowest BCUT2D eigenvalue weighted by atomic mass is 10.3. The zero-order valence-corrected chi connectivity index (χ0v) is 17.0. The molecule has 156 valence electrons. The molecule has 3 rings (SSSR count). The van der Waals surface area contributed by atoms with Crippen LogP contribution < -0.4 is 5.32 Å². The Balaban J connectivity index is 1.48. The molecule has 1 fully saturated rings. The number of benzene rings is 1. The highest BCUT2D eigenvalue weighted by atomic mass is 32.2. The van der Waals surface area contributed by atoms with Crippen molar-refractivity contribution < 1.29 is 22.0 Å². The first-order valence-electron chi connectivity index (χ1n) is 8.82. The van der Waals surface area contributed by atoms with Gasteiger partial charge in [0, 0.05) is 49.2 Å². The molecular formula is C18H20F2N4O3S2. The Kier molecular flexibility index (Phi) is 7.17. The summed E-state index contributed by atoms with van der Waals surface area (Å²) in [4.78, 5) is 18.5. The molecule has 1 amide bonds. The summed E-state index contributed by atoms with van der Waals surface area (Å²) in [6, 6.07) is 9.27. The molecule has 1 saturated heterocycles. The van der Waals surface area contributed by atoms with Gasteiger partial charge < -0.3 is 5.32 Å². The van der Waals surface area contributed by atoms with E-state index in [1.807, 2.05) is 4.90 Å². The number of pyridine rings is 1. The number of alkyl halides is 2. The van der Waals surface area contributed by atoms with Crippen molar-refractivity contribution in [3.8, 4) is 0 Å². The van der Waals surface area contributed by atoms with E-state index in [4.69, 9.17) is 0 Å². The van der Waals surface area contributed by atoms with Crippen molar-refractivity contribution in [2.75, 3.05) is 38.0 Å². The van der Waals surface area contributed by atoms with Crippen molar-refractivity contribution in [1.82, 2.24) is 14.2 Å². The fourth-order valence-electron chi connectivity index (χ4n) is 2.90. The largest absolute Gasteiger partial charge is 0.325 e. The van der Waals surface area contributed by atoms with Crippen LogP contribution in [0.5, 0.6) is 0 Å². The highest BCUT2D eigenvalue weighted by Crippen LogP contribution is 2.26. The minimum absolute atomic E-state index is 0.119. The molecule has 1 aliphatic heterocycles. The Morgan fingerprint density at radius 1 is 1.14 bits per heavy atom. The van der Waals surface area contributed by atoms with Gasteiger partial charge in [0.15, 0.2) is 0 Å². The van der Waals surface area contributed by atoms with Gasteiger partial charge in [-0.25, -0.2) is 8.42 Å². The number of nitrogens with zero attached hydrogens (tertiary/aromatic N) is 3. The fraction of sp³-hybridized carbons (Fsp3) is 0.333. The van der Waals surface area contributed by atoms with E-state index >= 15 is 0 Å². The highest BCUT2D eigenvalue weighted by molar-refractivity contribution is 7.99. The lowest BCUT2D eigenvalue weighted by molar-refractivity contribution is -0.117. The third-order valence-electron chi connectivity index (χ3n) is 4.33. The maximum atomic E-state index is 12.6. The van der Waals surface area contributed by atoms with Crippen LogP contribution in [0.3, 0.4) is 0 Å². The van der Waals surface area contributed by atoms with Crippen molar-refractivity contribution in [3.05, 3.63) is 48.8 Å². The van der Waals surface area contributed by atoms with Gasteiger partial charge >= 0.3 is 0 Å². The van der Waals surface area contributed by atoms with Gasteiger partial charge in [0.2, 0.25) is 15.9 Å². The highest BCUT2D eigenvalue weighted by Gasteiger charge is 2.29. The third kappa shape index (κ3) is 5.95. The van der Waals surface area contributed by atoms with Crippen LogP contribution in [-0.2, 0) is 14.8 Å². The molecule has 0 radical (unpaired) electrons. The number of anilines is 1. The van der Waals surface area contributed by atoms with Gasteiger partial charge in [-0.2, -0.15) is 13.1 Å². The molecule has 0 spiro atoms. The van der Waals surface area contributed by atoms with Gasteiger partial charge in [0.05, 0.1) is 6.54 Å². The monoisotopic (exact) mass is 442 g/mol. The van der Waals surface area contributed by atoms with Crippen LogP contribution in [0.15, 0.2) is 58.6 Å². The standard InChI is InChI=1S/C18H20F2N4O3S2/c19-18(20)28-15-5-3-14(4-6-15)22-17(25)13-23-8-10-24(11-9-23)29(26,27)16-2-1-7-21-12-16/h1-7,12,18H,8-11,13H2,(H,22,25). The number of carbonyl (C=O) groups excluding carboxylic acids is 1. The van der Waals surface area contributed by atoms with E-state index in [1.54, 1.807) is 18.2 Å². The summed E-state index contributed by atoms with van der Waals surface area (Å²) in [7, 11) is -3.59. The predicted molar refractivity (Wildman–Crippen MR) is 106 cm³/mol. The molecule has 1 aliphatic rings. The van der Waals surface area contributed by atoms with E-state index in [2.05, 4.69) is 10.3 Å². The maximum absolute atomic E-state index is 12.6. The van der Waals surface area contributed by atoms with Gasteiger partial charge in [-0.15, -0.1) is 0 Å². The zero-order chi connectivity index (χ0) is 20.9. The molecular weight excluding hydrogens is 422 g/mol. The van der Waals surface area contributed by atoms with Crippen LogP contribution in [0.25, 0.3) is 0 Å². The second kappa shape index (κ2) is 9.61. The Hall–Kier alpha value is -2.08. The summed E-state index contributed by atoms with van der Waals surface area (Å²) in [6.07, 6.45) is 2.83. The van der Waals surface area contributed by atoms with Crippen molar-refractivity contribution >= 4 is 33.4 Å². The molecule has 29 heavy (non-hydrogen) atoms. The number of rotatable bonds is 7. The van der Waals surface area contributed by atoms with E-state index in [-0.39, 0.29) is 30.4 Å². The molecule has 0 atom stereocenters. The summed E-state index contributed by atoms with van der Waals surface area (Å²) in [5.74, 6) is -2.74. The zero-order valence-electron chi connectivity index (χ0n) is 15.4. The fourth-order valence-corrected chi connectivity index (χ4v) is 4.79. The molecule has 0 bridgehead atoms. The number of hydrogen-bond donors (Lipinski definition) is 1. The van der Waals surface area contributed by atoms with Crippen LogP contribution in [0.2, 0.25) is 0 Å². The van der Waals surface area contributed by atoms with Crippen LogP contribution in [0.4, 0.5) is 14.5 Å². The number of nitrogens with one attached hydrogen (secondary N) is 1. The number of amides is 1. The van der Waals surface area contributed by atoms with Gasteiger partial charge in [-0.3, -0.25) is 14.7 Å². The molecule has 1 N–H and O–H groups in total. The Morgan fingerprint density at radius 2 is 1.83 bits per heavy atom. The summed E-state index contributed by atoms with van der Waals surface area (Å²) in [6.45, 7) is 1.54. The first-order chi connectivity index (χ1) is 13.8. The Labute approximate surface area is 172 Å². The topological polar surface area (TPSA) is 82.6 Å². The van der Waals surface area contributed by atoms with Crippen molar-refractivity contribution in [2.24, 2.45) is 0 Å². The maximum Gasteiger partial charge on any atom is 0.288 e. The van der Waals surface area contributed by atoms with Crippen LogP contribution in [0.1, 0.15) is 0 Å². The van der Waals surface area contributed by atoms with Crippen LogP contribution >= 0.6 is 11.8 Å². The molecule has 7 nitrogen and oxygen atoms in total. The second-order valence-electron chi connectivity index (χ2n) is 6.32. The van der Waals surface area contributed by atoms with Crippen molar-refractivity contribution in [1.29, 1.82) is 0 Å². The normalized spacial score (nSPS) is 16.1. The lowest BCUT2D eigenvalue weighted by Gasteiger charge is -2.33. The molecule has 0 aliphatic carbocycles. The summed E-state index contributed by atoms with van der Waals surface area (Å²) < 4.78 is 51.2. The van der Waals surface area contributed by atoms with Crippen LogP contribution in [-0.4, -0.2) is 67.0 Å². The molecule has 0 saturated carbocycles. The van der Waals surface area contributed by atoms with Gasteiger partial charge in [0.25, 0.3) is 5.76 Å².